The summed E-state index contributed by atoms with van der Waals surface area (Å²) in [5, 5.41) is 7.90. The molecular formula is C3H8Na2O5S. The molecule has 0 fully saturated rings. The molecule has 0 rings (SSSR count). The SMILES string of the molecule is O=C(O)CCS(=O)(=O)O.[H-].[H-].[Na+].[Na+]. The van der Waals surface area contributed by atoms with E-state index < -0.39 is 28.3 Å². The van der Waals surface area contributed by atoms with Gasteiger partial charge in [0.15, 0.2) is 0 Å². The summed E-state index contributed by atoms with van der Waals surface area (Å²) in [6, 6.07) is 0. The second-order valence-electron chi connectivity index (χ2n) is 1.43. The predicted octanol–water partition coefficient (Wildman–Crippen LogP) is -6.42. The standard InChI is InChI=1S/C3H6O5S.2Na.2H/c4-3(5)1-2-9(6,7)8;;;;/h1-2H2,(H,4,5)(H,6,7,8);;;;/q;2*+1;2*-1. The van der Waals surface area contributed by atoms with Crippen LogP contribution in [0.5, 0.6) is 0 Å². The summed E-state index contributed by atoms with van der Waals surface area (Å²) in [5.74, 6) is -1.96. The van der Waals surface area contributed by atoms with Crippen molar-refractivity contribution in [3.05, 3.63) is 0 Å². The van der Waals surface area contributed by atoms with Crippen LogP contribution in [0, 0.1) is 0 Å². The first kappa shape index (κ1) is 18.2. The normalized spacial score (nSPS) is 9.18. The number of carboxylic acids is 1. The molecule has 0 saturated carbocycles. The molecule has 0 aliphatic heterocycles. The Labute approximate surface area is 112 Å². The summed E-state index contributed by atoms with van der Waals surface area (Å²) in [6.45, 7) is 0. The van der Waals surface area contributed by atoms with Crippen LogP contribution in [0.4, 0.5) is 0 Å². The van der Waals surface area contributed by atoms with Crippen LogP contribution < -0.4 is 59.1 Å². The van der Waals surface area contributed by atoms with Crippen molar-refractivity contribution >= 4 is 16.1 Å². The second-order valence-corrected chi connectivity index (χ2v) is 3.00. The fourth-order valence-electron chi connectivity index (χ4n) is 0.216. The molecule has 0 aliphatic rings. The molecule has 0 aromatic heterocycles. The van der Waals surface area contributed by atoms with Crippen LogP contribution in [0.3, 0.4) is 0 Å². The van der Waals surface area contributed by atoms with Gasteiger partial charge in [0.25, 0.3) is 10.1 Å². The first-order chi connectivity index (χ1) is 3.92. The molecule has 0 radical (unpaired) electrons. The van der Waals surface area contributed by atoms with Crippen molar-refractivity contribution in [1.82, 2.24) is 0 Å². The number of aliphatic carboxylic acids is 1. The van der Waals surface area contributed by atoms with Gasteiger partial charge >= 0.3 is 65.1 Å². The number of hydrogen-bond acceptors (Lipinski definition) is 3. The van der Waals surface area contributed by atoms with Gasteiger partial charge < -0.3 is 7.96 Å². The van der Waals surface area contributed by atoms with Gasteiger partial charge in [-0.2, -0.15) is 8.42 Å². The molecule has 0 aromatic carbocycles. The number of hydrogen-bond donors (Lipinski definition) is 2. The summed E-state index contributed by atoms with van der Waals surface area (Å²) in [4.78, 5) is 9.67. The molecule has 0 aliphatic carbocycles. The van der Waals surface area contributed by atoms with Gasteiger partial charge in [-0.05, 0) is 0 Å². The van der Waals surface area contributed by atoms with Gasteiger partial charge in [0, 0.05) is 0 Å². The van der Waals surface area contributed by atoms with Gasteiger partial charge in [0.2, 0.25) is 0 Å². The van der Waals surface area contributed by atoms with Crippen LogP contribution in [0.25, 0.3) is 0 Å². The van der Waals surface area contributed by atoms with Crippen molar-refractivity contribution in [3.63, 3.8) is 0 Å². The number of carboxylic acid groups (broad SMARTS) is 1. The zero-order valence-electron chi connectivity index (χ0n) is 8.44. The molecule has 0 saturated heterocycles. The van der Waals surface area contributed by atoms with Crippen LogP contribution >= 0.6 is 0 Å². The third-order valence-electron chi connectivity index (χ3n) is 0.574. The second kappa shape index (κ2) is 8.00. The average Bonchev–Trinajstić information content (AvgIpc) is 1.59. The number of carbonyl (C=O) groups is 1. The van der Waals surface area contributed by atoms with E-state index in [1.807, 2.05) is 0 Å². The van der Waals surface area contributed by atoms with Gasteiger partial charge in [-0.1, -0.05) is 0 Å². The molecule has 0 unspecified atom stereocenters. The molecule has 58 valence electrons. The Bertz CT molecular complexity index is 206. The molecule has 11 heavy (non-hydrogen) atoms. The van der Waals surface area contributed by atoms with Crippen LogP contribution in [-0.4, -0.2) is 29.8 Å². The Morgan fingerprint density at radius 1 is 1.36 bits per heavy atom. The molecule has 0 aromatic rings. The van der Waals surface area contributed by atoms with Crippen molar-refractivity contribution < 1.29 is 84.8 Å². The Morgan fingerprint density at radius 3 is 1.82 bits per heavy atom. The molecule has 8 heteroatoms. The van der Waals surface area contributed by atoms with E-state index in [0.717, 1.165) is 0 Å². The van der Waals surface area contributed by atoms with Crippen LogP contribution in [0.2, 0.25) is 0 Å². The van der Waals surface area contributed by atoms with Crippen molar-refractivity contribution in [2.24, 2.45) is 0 Å². The fourth-order valence-corrected chi connectivity index (χ4v) is 0.649. The summed E-state index contributed by atoms with van der Waals surface area (Å²) >= 11 is 0. The molecule has 0 atom stereocenters. The van der Waals surface area contributed by atoms with E-state index in [1.54, 1.807) is 0 Å². The minimum atomic E-state index is -4.10. The average molecular weight is 202 g/mol. The van der Waals surface area contributed by atoms with Gasteiger partial charge in [-0.3, -0.25) is 9.35 Å². The summed E-state index contributed by atoms with van der Waals surface area (Å²) in [6.07, 6.45) is -0.557. The molecule has 0 heterocycles. The van der Waals surface area contributed by atoms with Crippen molar-refractivity contribution in [2.75, 3.05) is 5.75 Å². The van der Waals surface area contributed by atoms with E-state index in [0.29, 0.717) is 0 Å². The zero-order valence-corrected chi connectivity index (χ0v) is 11.3. The van der Waals surface area contributed by atoms with Crippen LogP contribution in [0.15, 0.2) is 0 Å². The monoisotopic (exact) mass is 202 g/mol. The smallest absolute Gasteiger partial charge is 1.00 e. The predicted molar refractivity (Wildman–Crippen MR) is 30.9 cm³/mol. The van der Waals surface area contributed by atoms with Crippen molar-refractivity contribution in [3.8, 4) is 0 Å². The fraction of sp³-hybridized carbons (Fsp3) is 0.667. The third-order valence-corrected chi connectivity index (χ3v) is 1.29. The van der Waals surface area contributed by atoms with E-state index in [2.05, 4.69) is 0 Å². The van der Waals surface area contributed by atoms with E-state index in [1.165, 1.54) is 0 Å². The molecule has 0 spiro atoms. The minimum absolute atomic E-state index is 0. The molecule has 5 nitrogen and oxygen atoms in total. The first-order valence-corrected chi connectivity index (χ1v) is 3.70. The first-order valence-electron chi connectivity index (χ1n) is 2.09. The Morgan fingerprint density at radius 2 is 1.73 bits per heavy atom. The summed E-state index contributed by atoms with van der Waals surface area (Å²) in [5.41, 5.74) is 0. The molecular weight excluding hydrogens is 194 g/mol. The Balaban J connectivity index is -0.0000000533. The van der Waals surface area contributed by atoms with Gasteiger partial charge in [-0.25, -0.2) is 0 Å². The maximum atomic E-state index is 9.83. The molecule has 0 bridgehead atoms. The van der Waals surface area contributed by atoms with Crippen molar-refractivity contribution in [2.45, 2.75) is 6.42 Å². The largest absolute Gasteiger partial charge is 1.00 e. The topological polar surface area (TPSA) is 91.7 Å². The van der Waals surface area contributed by atoms with E-state index in [-0.39, 0.29) is 62.0 Å². The quantitative estimate of drug-likeness (QED) is 0.351. The van der Waals surface area contributed by atoms with Crippen LogP contribution in [0.1, 0.15) is 9.27 Å². The third kappa shape index (κ3) is 18.4. The Hall–Kier alpha value is 1.38. The minimum Gasteiger partial charge on any atom is -1.00 e. The number of rotatable bonds is 3. The summed E-state index contributed by atoms with van der Waals surface area (Å²) in [7, 11) is -4.10. The summed E-state index contributed by atoms with van der Waals surface area (Å²) < 4.78 is 27.6. The van der Waals surface area contributed by atoms with E-state index in [4.69, 9.17) is 9.66 Å². The molecule has 2 N–H and O–H groups in total. The Kier molecular flexibility index (Phi) is 13.3. The van der Waals surface area contributed by atoms with E-state index in [9.17, 15) is 13.2 Å². The maximum absolute atomic E-state index is 9.83. The van der Waals surface area contributed by atoms with Crippen molar-refractivity contribution in [1.29, 1.82) is 0 Å². The zero-order chi connectivity index (χ0) is 7.49. The van der Waals surface area contributed by atoms with E-state index >= 15 is 0 Å². The maximum Gasteiger partial charge on any atom is 1.00 e. The van der Waals surface area contributed by atoms with Crippen LogP contribution in [-0.2, 0) is 14.9 Å². The van der Waals surface area contributed by atoms with Gasteiger partial charge in [-0.15, -0.1) is 0 Å². The molecule has 0 amide bonds. The van der Waals surface area contributed by atoms with Gasteiger partial charge in [0.05, 0.1) is 12.2 Å². The van der Waals surface area contributed by atoms with Gasteiger partial charge in [0.1, 0.15) is 0 Å².